The van der Waals surface area contributed by atoms with Gasteiger partial charge in [0.2, 0.25) is 5.91 Å². The molecule has 2 heterocycles. The Morgan fingerprint density at radius 3 is 2.93 bits per heavy atom. The lowest BCUT2D eigenvalue weighted by Gasteiger charge is -2.13. The maximum atomic E-state index is 13.8. The summed E-state index contributed by atoms with van der Waals surface area (Å²) in [6.45, 7) is 1.05. The first-order valence-corrected chi connectivity index (χ1v) is 10.5. The van der Waals surface area contributed by atoms with Crippen LogP contribution in [0.15, 0.2) is 52.8 Å². The molecule has 0 aliphatic carbocycles. The molecule has 30 heavy (non-hydrogen) atoms. The fraction of sp³-hybridized carbons (Fsp3) is 0.238. The number of aryl methyl sites for hydroxylation is 1. The molecule has 0 unspecified atom stereocenters. The number of rotatable bonds is 5. The molecular formula is C21H19ClFN3O3S. The van der Waals surface area contributed by atoms with Crippen molar-refractivity contribution in [1.29, 1.82) is 0 Å². The molecule has 4 rings (SSSR count). The van der Waals surface area contributed by atoms with E-state index in [1.54, 1.807) is 24.4 Å². The van der Waals surface area contributed by atoms with E-state index < -0.39 is 5.82 Å². The van der Waals surface area contributed by atoms with Gasteiger partial charge in [-0.1, -0.05) is 11.6 Å². The lowest BCUT2D eigenvalue weighted by molar-refractivity contribution is -0.115. The second-order valence-electron chi connectivity index (χ2n) is 6.74. The van der Waals surface area contributed by atoms with Crippen LogP contribution in [0.3, 0.4) is 0 Å². The standard InChI is InChI=1S/C21H19ClFN3O3S/c1-26-6-5-24-21(26)30-18-4-3-14(23)12-16(18)25-19(27)11-13-9-15(22)20-17(10-13)28-7-2-8-29-20/h3-6,9-10,12H,2,7-8,11H2,1H3,(H,25,27). The van der Waals surface area contributed by atoms with E-state index in [2.05, 4.69) is 10.3 Å². The molecule has 0 spiro atoms. The molecule has 6 nitrogen and oxygen atoms in total. The van der Waals surface area contributed by atoms with Crippen molar-refractivity contribution in [1.82, 2.24) is 9.55 Å². The van der Waals surface area contributed by atoms with E-state index in [4.69, 9.17) is 21.1 Å². The van der Waals surface area contributed by atoms with Gasteiger partial charge in [0.15, 0.2) is 16.7 Å². The van der Waals surface area contributed by atoms with E-state index in [1.807, 2.05) is 17.8 Å². The summed E-state index contributed by atoms with van der Waals surface area (Å²) in [5, 5.41) is 3.92. The van der Waals surface area contributed by atoms with E-state index in [-0.39, 0.29) is 12.3 Å². The summed E-state index contributed by atoms with van der Waals surface area (Å²) in [6, 6.07) is 7.70. The number of carbonyl (C=O) groups is 1. The van der Waals surface area contributed by atoms with Crippen LogP contribution < -0.4 is 14.8 Å². The maximum absolute atomic E-state index is 13.8. The summed E-state index contributed by atoms with van der Waals surface area (Å²) in [7, 11) is 1.87. The highest BCUT2D eigenvalue weighted by Gasteiger charge is 2.18. The zero-order chi connectivity index (χ0) is 21.1. The molecule has 1 aliphatic heterocycles. The van der Waals surface area contributed by atoms with Gasteiger partial charge in [-0.2, -0.15) is 0 Å². The van der Waals surface area contributed by atoms with Crippen LogP contribution in [0.2, 0.25) is 5.02 Å². The second kappa shape index (κ2) is 8.97. The molecule has 0 radical (unpaired) electrons. The first-order chi connectivity index (χ1) is 14.5. The minimum atomic E-state index is -0.437. The first kappa shape index (κ1) is 20.6. The lowest BCUT2D eigenvalue weighted by atomic mass is 10.1. The number of nitrogens with zero attached hydrogens (tertiary/aromatic N) is 2. The third kappa shape index (κ3) is 4.71. The van der Waals surface area contributed by atoms with Crippen LogP contribution >= 0.6 is 23.4 Å². The molecule has 0 saturated carbocycles. The van der Waals surface area contributed by atoms with Gasteiger partial charge >= 0.3 is 0 Å². The van der Waals surface area contributed by atoms with Crippen molar-refractivity contribution < 1.29 is 18.7 Å². The molecular weight excluding hydrogens is 429 g/mol. The van der Waals surface area contributed by atoms with E-state index in [9.17, 15) is 9.18 Å². The van der Waals surface area contributed by atoms with Crippen molar-refractivity contribution in [3.05, 3.63) is 59.1 Å². The fourth-order valence-electron chi connectivity index (χ4n) is 3.00. The van der Waals surface area contributed by atoms with Crippen LogP contribution in [-0.2, 0) is 18.3 Å². The number of nitrogens with one attached hydrogen (secondary N) is 1. The highest BCUT2D eigenvalue weighted by molar-refractivity contribution is 7.99. The molecule has 0 saturated heterocycles. The van der Waals surface area contributed by atoms with Crippen molar-refractivity contribution >= 4 is 35.0 Å². The number of halogens is 2. The second-order valence-corrected chi connectivity index (χ2v) is 8.16. The number of hydrogen-bond acceptors (Lipinski definition) is 5. The summed E-state index contributed by atoms with van der Waals surface area (Å²) >= 11 is 7.65. The molecule has 0 atom stereocenters. The number of benzene rings is 2. The number of fused-ring (bicyclic) bond motifs is 1. The molecule has 156 valence electrons. The van der Waals surface area contributed by atoms with Gasteiger partial charge in [-0.3, -0.25) is 4.79 Å². The summed E-state index contributed by atoms with van der Waals surface area (Å²) in [4.78, 5) is 17.6. The zero-order valence-electron chi connectivity index (χ0n) is 16.2. The van der Waals surface area contributed by atoms with Crippen molar-refractivity contribution in [2.45, 2.75) is 22.9 Å². The minimum absolute atomic E-state index is 0.0549. The van der Waals surface area contributed by atoms with Gasteiger partial charge in [-0.15, -0.1) is 0 Å². The molecule has 1 aliphatic rings. The Hall–Kier alpha value is -2.71. The third-order valence-corrected chi connectivity index (χ3v) is 5.85. The third-order valence-electron chi connectivity index (χ3n) is 4.42. The lowest BCUT2D eigenvalue weighted by Crippen LogP contribution is -2.15. The van der Waals surface area contributed by atoms with Crippen LogP contribution in [0.5, 0.6) is 11.5 Å². The van der Waals surface area contributed by atoms with Gasteiger partial charge in [0, 0.05) is 30.8 Å². The van der Waals surface area contributed by atoms with Crippen molar-refractivity contribution in [2.75, 3.05) is 18.5 Å². The fourth-order valence-corrected chi connectivity index (χ4v) is 4.16. The highest BCUT2D eigenvalue weighted by Crippen LogP contribution is 2.38. The molecule has 1 aromatic heterocycles. The van der Waals surface area contributed by atoms with Crippen molar-refractivity contribution in [3.63, 3.8) is 0 Å². The van der Waals surface area contributed by atoms with Gasteiger partial charge in [0.1, 0.15) is 5.82 Å². The van der Waals surface area contributed by atoms with E-state index in [0.29, 0.717) is 45.9 Å². The molecule has 9 heteroatoms. The van der Waals surface area contributed by atoms with Crippen molar-refractivity contribution in [3.8, 4) is 11.5 Å². The smallest absolute Gasteiger partial charge is 0.228 e. The van der Waals surface area contributed by atoms with Gasteiger partial charge in [0.05, 0.1) is 30.3 Å². The number of ether oxygens (including phenoxy) is 2. The minimum Gasteiger partial charge on any atom is -0.489 e. The topological polar surface area (TPSA) is 65.4 Å². The van der Waals surface area contributed by atoms with Crippen LogP contribution in [-0.4, -0.2) is 28.7 Å². The molecule has 0 bridgehead atoms. The summed E-state index contributed by atoms with van der Waals surface area (Å²) in [5.74, 6) is 0.290. The van der Waals surface area contributed by atoms with Crippen LogP contribution in [0.1, 0.15) is 12.0 Å². The Balaban J connectivity index is 1.52. The van der Waals surface area contributed by atoms with Crippen LogP contribution in [0.4, 0.5) is 10.1 Å². The van der Waals surface area contributed by atoms with Crippen molar-refractivity contribution in [2.24, 2.45) is 7.05 Å². The number of carbonyl (C=O) groups excluding carboxylic acids is 1. The number of imidazole rings is 1. The van der Waals surface area contributed by atoms with Crippen LogP contribution in [0, 0.1) is 5.82 Å². The quantitative estimate of drug-likeness (QED) is 0.613. The predicted molar refractivity (Wildman–Crippen MR) is 113 cm³/mol. The molecule has 3 aromatic rings. The SMILES string of the molecule is Cn1ccnc1Sc1ccc(F)cc1NC(=O)Cc1cc(Cl)c2c(c1)OCCCO2. The molecule has 1 amide bonds. The Bertz CT molecular complexity index is 1090. The molecule has 1 N–H and O–H groups in total. The Labute approximate surface area is 182 Å². The Morgan fingerprint density at radius 2 is 2.13 bits per heavy atom. The zero-order valence-corrected chi connectivity index (χ0v) is 17.7. The van der Waals surface area contributed by atoms with Gasteiger partial charge in [-0.05, 0) is 47.7 Å². The number of anilines is 1. The number of amides is 1. The first-order valence-electron chi connectivity index (χ1n) is 9.32. The number of hydrogen-bond donors (Lipinski definition) is 1. The highest BCUT2D eigenvalue weighted by atomic mass is 35.5. The molecule has 2 aromatic carbocycles. The van der Waals surface area contributed by atoms with Gasteiger partial charge < -0.3 is 19.4 Å². The summed E-state index contributed by atoms with van der Waals surface area (Å²) in [6.07, 6.45) is 4.31. The number of aromatic nitrogens is 2. The van der Waals surface area contributed by atoms with Gasteiger partial charge in [-0.25, -0.2) is 9.37 Å². The average molecular weight is 448 g/mol. The summed E-state index contributed by atoms with van der Waals surface area (Å²) < 4.78 is 27.0. The normalized spacial score (nSPS) is 13.0. The molecule has 0 fully saturated rings. The Kier molecular flexibility index (Phi) is 6.15. The average Bonchev–Trinajstić information content (AvgIpc) is 2.95. The van der Waals surface area contributed by atoms with Gasteiger partial charge in [0.25, 0.3) is 0 Å². The maximum Gasteiger partial charge on any atom is 0.228 e. The van der Waals surface area contributed by atoms with E-state index in [0.717, 1.165) is 11.6 Å². The summed E-state index contributed by atoms with van der Waals surface area (Å²) in [5.41, 5.74) is 1.06. The van der Waals surface area contributed by atoms with E-state index >= 15 is 0 Å². The largest absolute Gasteiger partial charge is 0.489 e. The monoisotopic (exact) mass is 447 g/mol. The predicted octanol–water partition coefficient (Wildman–Crippen LogP) is 4.71. The van der Waals surface area contributed by atoms with Crippen LogP contribution in [0.25, 0.3) is 0 Å². The van der Waals surface area contributed by atoms with E-state index in [1.165, 1.54) is 23.9 Å². The Morgan fingerprint density at radius 1 is 1.30 bits per heavy atom.